The van der Waals surface area contributed by atoms with Crippen molar-refractivity contribution >= 4 is 43.5 Å². The van der Waals surface area contributed by atoms with Crippen molar-refractivity contribution in [3.63, 3.8) is 0 Å². The fraction of sp³-hybridized carbons (Fsp3) is 0.368. The standard InChI is InChI=1S/C19H20BrN3O5S/c20-13-10-16-19(25)22-15-9-12(4-5-17(15)29(26,27)23(16)11-13)18(24)21-7-6-14-3-1-2-8-28-14/h4-5,9-11,14H,1-3,6-8H2,(H,21,24)(H,22,25). The molecule has 0 spiro atoms. The van der Waals surface area contributed by atoms with Crippen LogP contribution in [-0.2, 0) is 14.8 Å². The van der Waals surface area contributed by atoms with Gasteiger partial charge in [0.2, 0.25) is 0 Å². The highest BCUT2D eigenvalue weighted by atomic mass is 79.9. The molecule has 1 aromatic carbocycles. The molecule has 1 fully saturated rings. The van der Waals surface area contributed by atoms with Crippen molar-refractivity contribution in [3.8, 4) is 0 Å². The molecule has 29 heavy (non-hydrogen) atoms. The summed E-state index contributed by atoms with van der Waals surface area (Å²) >= 11 is 3.19. The Bertz CT molecular complexity index is 1070. The molecular weight excluding hydrogens is 462 g/mol. The zero-order chi connectivity index (χ0) is 20.6. The van der Waals surface area contributed by atoms with Crippen LogP contribution in [-0.4, -0.2) is 43.5 Å². The van der Waals surface area contributed by atoms with Crippen LogP contribution in [0.25, 0.3) is 0 Å². The first-order chi connectivity index (χ1) is 13.9. The molecule has 4 rings (SSSR count). The lowest BCUT2D eigenvalue weighted by Gasteiger charge is -2.22. The van der Waals surface area contributed by atoms with Gasteiger partial charge in [-0.15, -0.1) is 0 Å². The summed E-state index contributed by atoms with van der Waals surface area (Å²) in [7, 11) is -3.97. The molecule has 10 heteroatoms. The second kappa shape index (κ2) is 7.92. The number of rotatable bonds is 4. The lowest BCUT2D eigenvalue weighted by Crippen LogP contribution is -2.29. The summed E-state index contributed by atoms with van der Waals surface area (Å²) in [6.07, 6.45) is 5.43. The summed E-state index contributed by atoms with van der Waals surface area (Å²) in [5, 5.41) is 5.42. The SMILES string of the molecule is O=C(NCCC1CCCCO1)c1ccc2c(c1)NC(=O)c1cc(Br)cn1S2(=O)=O. The number of anilines is 1. The Balaban J connectivity index is 1.53. The third-order valence-corrected chi connectivity index (χ3v) is 7.20. The van der Waals surface area contributed by atoms with Gasteiger partial charge in [-0.3, -0.25) is 9.59 Å². The number of ether oxygens (including phenoxy) is 1. The molecule has 0 bridgehead atoms. The smallest absolute Gasteiger partial charge is 0.273 e. The van der Waals surface area contributed by atoms with Crippen LogP contribution in [0.4, 0.5) is 5.69 Å². The van der Waals surface area contributed by atoms with Crippen LogP contribution in [0.2, 0.25) is 0 Å². The average molecular weight is 482 g/mol. The molecule has 2 amide bonds. The van der Waals surface area contributed by atoms with Crippen LogP contribution < -0.4 is 10.6 Å². The fourth-order valence-electron chi connectivity index (χ4n) is 3.55. The van der Waals surface area contributed by atoms with Gasteiger partial charge in [0.25, 0.3) is 21.8 Å². The van der Waals surface area contributed by atoms with E-state index in [0.717, 1.165) is 36.3 Å². The fourth-order valence-corrected chi connectivity index (χ4v) is 5.59. The number of aromatic nitrogens is 1. The first-order valence-corrected chi connectivity index (χ1v) is 11.6. The molecule has 2 aliphatic rings. The van der Waals surface area contributed by atoms with Crippen molar-refractivity contribution in [3.05, 3.63) is 46.2 Å². The van der Waals surface area contributed by atoms with Crippen LogP contribution in [0.15, 0.2) is 39.8 Å². The number of amides is 2. The van der Waals surface area contributed by atoms with E-state index in [-0.39, 0.29) is 33.9 Å². The van der Waals surface area contributed by atoms with Crippen LogP contribution in [0.5, 0.6) is 0 Å². The summed E-state index contributed by atoms with van der Waals surface area (Å²) in [6, 6.07) is 5.60. The van der Waals surface area contributed by atoms with Crippen molar-refractivity contribution in [2.24, 2.45) is 0 Å². The molecule has 2 aliphatic heterocycles. The van der Waals surface area contributed by atoms with E-state index < -0.39 is 15.9 Å². The summed E-state index contributed by atoms with van der Waals surface area (Å²) in [5.74, 6) is -0.896. The van der Waals surface area contributed by atoms with E-state index in [2.05, 4.69) is 26.6 Å². The molecule has 0 saturated carbocycles. The van der Waals surface area contributed by atoms with Gasteiger partial charge in [0, 0.05) is 29.4 Å². The van der Waals surface area contributed by atoms with Crippen molar-refractivity contribution < 1.29 is 22.7 Å². The maximum absolute atomic E-state index is 12.9. The maximum Gasteiger partial charge on any atom is 0.273 e. The zero-order valence-corrected chi connectivity index (χ0v) is 17.9. The molecule has 0 aliphatic carbocycles. The minimum atomic E-state index is -3.97. The van der Waals surface area contributed by atoms with Gasteiger partial charge in [-0.2, -0.15) is 0 Å². The van der Waals surface area contributed by atoms with Crippen LogP contribution in [0.3, 0.4) is 0 Å². The molecule has 1 unspecified atom stereocenters. The largest absolute Gasteiger partial charge is 0.378 e. The Morgan fingerprint density at radius 2 is 2.14 bits per heavy atom. The molecule has 0 radical (unpaired) electrons. The van der Waals surface area contributed by atoms with E-state index in [9.17, 15) is 18.0 Å². The molecule has 1 atom stereocenters. The molecule has 1 aromatic heterocycles. The van der Waals surface area contributed by atoms with E-state index in [4.69, 9.17) is 4.74 Å². The topological polar surface area (TPSA) is 106 Å². The normalized spacial score (nSPS) is 20.2. The minimum Gasteiger partial charge on any atom is -0.378 e. The van der Waals surface area contributed by atoms with E-state index in [0.29, 0.717) is 11.0 Å². The zero-order valence-electron chi connectivity index (χ0n) is 15.5. The minimum absolute atomic E-state index is 0.00782. The Kier molecular flexibility index (Phi) is 5.50. The van der Waals surface area contributed by atoms with Crippen LogP contribution in [0, 0.1) is 0 Å². The van der Waals surface area contributed by atoms with E-state index >= 15 is 0 Å². The maximum atomic E-state index is 12.9. The highest BCUT2D eigenvalue weighted by Gasteiger charge is 2.31. The first kappa shape index (κ1) is 20.1. The number of nitrogens with zero attached hydrogens (tertiary/aromatic N) is 1. The van der Waals surface area contributed by atoms with Crippen LogP contribution >= 0.6 is 15.9 Å². The van der Waals surface area contributed by atoms with Crippen molar-refractivity contribution in [1.29, 1.82) is 0 Å². The first-order valence-electron chi connectivity index (χ1n) is 9.35. The lowest BCUT2D eigenvalue weighted by molar-refractivity contribution is 0.0117. The number of fused-ring (bicyclic) bond motifs is 2. The summed E-state index contributed by atoms with van der Waals surface area (Å²) in [6.45, 7) is 1.22. The third kappa shape index (κ3) is 3.96. The molecule has 3 heterocycles. The number of benzene rings is 1. The van der Waals surface area contributed by atoms with Gasteiger partial charge in [0.15, 0.2) is 0 Å². The summed E-state index contributed by atoms with van der Waals surface area (Å²) in [5.41, 5.74) is 0.348. The number of nitrogens with one attached hydrogen (secondary N) is 2. The van der Waals surface area contributed by atoms with E-state index in [1.54, 1.807) is 0 Å². The number of halogens is 1. The lowest BCUT2D eigenvalue weighted by atomic mass is 10.1. The quantitative estimate of drug-likeness (QED) is 0.697. The van der Waals surface area contributed by atoms with Gasteiger partial charge in [0.1, 0.15) is 10.6 Å². The van der Waals surface area contributed by atoms with E-state index in [1.165, 1.54) is 30.5 Å². The van der Waals surface area contributed by atoms with Gasteiger partial charge in [-0.1, -0.05) is 0 Å². The monoisotopic (exact) mass is 481 g/mol. The van der Waals surface area contributed by atoms with Gasteiger partial charge in [-0.05, 0) is 65.9 Å². The predicted molar refractivity (Wildman–Crippen MR) is 110 cm³/mol. The van der Waals surface area contributed by atoms with Crippen molar-refractivity contribution in [1.82, 2.24) is 9.29 Å². The van der Waals surface area contributed by atoms with Crippen molar-refractivity contribution in [2.75, 3.05) is 18.5 Å². The number of carbonyl (C=O) groups excluding carboxylic acids is 2. The Hall–Kier alpha value is -2.17. The molecule has 154 valence electrons. The predicted octanol–water partition coefficient (Wildman–Crippen LogP) is 2.74. The Morgan fingerprint density at radius 3 is 2.90 bits per heavy atom. The third-order valence-electron chi connectivity index (χ3n) is 5.04. The van der Waals surface area contributed by atoms with Gasteiger partial charge < -0.3 is 15.4 Å². The van der Waals surface area contributed by atoms with Gasteiger partial charge in [0.05, 0.1) is 11.8 Å². The molecule has 8 nitrogen and oxygen atoms in total. The van der Waals surface area contributed by atoms with Crippen LogP contribution in [0.1, 0.15) is 46.5 Å². The number of hydrogen-bond donors (Lipinski definition) is 2. The number of hydrogen-bond acceptors (Lipinski definition) is 5. The summed E-state index contributed by atoms with van der Waals surface area (Å²) in [4.78, 5) is 24.9. The van der Waals surface area contributed by atoms with Crippen molar-refractivity contribution in [2.45, 2.75) is 36.7 Å². The number of carbonyl (C=O) groups is 2. The summed E-state index contributed by atoms with van der Waals surface area (Å²) < 4.78 is 32.9. The molecule has 1 saturated heterocycles. The van der Waals surface area contributed by atoms with Gasteiger partial charge in [-0.25, -0.2) is 12.4 Å². The highest BCUT2D eigenvalue weighted by molar-refractivity contribution is 9.10. The second-order valence-electron chi connectivity index (χ2n) is 7.04. The average Bonchev–Trinajstić information content (AvgIpc) is 3.08. The second-order valence-corrected chi connectivity index (χ2v) is 9.74. The molecule has 2 N–H and O–H groups in total. The Morgan fingerprint density at radius 1 is 1.31 bits per heavy atom. The molecular formula is C19H20BrN3O5S. The van der Waals surface area contributed by atoms with Gasteiger partial charge >= 0.3 is 0 Å². The molecule has 2 aromatic rings. The Labute approximate surface area is 176 Å². The van der Waals surface area contributed by atoms with E-state index in [1.807, 2.05) is 0 Å². The highest BCUT2D eigenvalue weighted by Crippen LogP contribution is 2.31.